The van der Waals surface area contributed by atoms with Crippen molar-refractivity contribution >= 4 is 11.8 Å². The van der Waals surface area contributed by atoms with E-state index in [0.29, 0.717) is 0 Å². The number of rotatable bonds is 6. The molecule has 8 rings (SSSR count). The van der Waals surface area contributed by atoms with Crippen LogP contribution in [0.25, 0.3) is 17.2 Å². The lowest BCUT2D eigenvalue weighted by atomic mass is 9.88. The summed E-state index contributed by atoms with van der Waals surface area (Å²) < 4.78 is 26.8. The van der Waals surface area contributed by atoms with Gasteiger partial charge in [-0.15, -0.1) is 0 Å². The molecule has 0 radical (unpaired) electrons. The van der Waals surface area contributed by atoms with Gasteiger partial charge in [0, 0.05) is 42.7 Å². The average Bonchev–Trinajstić information content (AvgIpc) is 3.12. The third-order valence-corrected chi connectivity index (χ3v) is 10.7. The number of methoxy groups -OCH3 is 4. The molecule has 0 unspecified atom stereocenters. The molecule has 47 heavy (non-hydrogen) atoms. The van der Waals surface area contributed by atoms with Gasteiger partial charge >= 0.3 is 0 Å². The van der Waals surface area contributed by atoms with Crippen LogP contribution in [0.5, 0.6) is 23.0 Å². The van der Waals surface area contributed by atoms with Gasteiger partial charge in [-0.05, 0) is 126 Å². The molecule has 242 valence electrons. The molecule has 4 aliphatic heterocycles. The van der Waals surface area contributed by atoms with Gasteiger partial charge in [-0.2, -0.15) is 0 Å². The van der Waals surface area contributed by atoms with Crippen LogP contribution in [0.4, 0.5) is 5.69 Å². The topological polar surface area (TPSA) is 43.2 Å². The fraction of sp³-hybridized carbons (Fsp3) is 0.390. The van der Waals surface area contributed by atoms with Gasteiger partial charge in [-0.25, -0.2) is 4.58 Å². The van der Waals surface area contributed by atoms with Crippen molar-refractivity contribution in [2.24, 2.45) is 0 Å². The molecule has 4 aromatic carbocycles. The number of aryl methyl sites for hydroxylation is 4. The predicted molar refractivity (Wildman–Crippen MR) is 188 cm³/mol. The molecular formula is C41H45N2O4+. The second-order valence-electron chi connectivity index (χ2n) is 13.4. The number of anilines is 1. The smallest absolute Gasteiger partial charge is 0.206 e. The lowest BCUT2D eigenvalue weighted by Crippen LogP contribution is -2.43. The van der Waals surface area contributed by atoms with Gasteiger partial charge in [0.2, 0.25) is 5.36 Å². The molecule has 4 aromatic rings. The summed E-state index contributed by atoms with van der Waals surface area (Å²) in [4.78, 5) is 2.59. The third-order valence-electron chi connectivity index (χ3n) is 10.7. The fourth-order valence-corrected chi connectivity index (χ4v) is 8.58. The monoisotopic (exact) mass is 629 g/mol. The van der Waals surface area contributed by atoms with E-state index in [1.54, 1.807) is 28.4 Å². The lowest BCUT2D eigenvalue weighted by molar-refractivity contribution is 0.386. The molecule has 0 N–H and O–H groups in total. The van der Waals surface area contributed by atoms with Crippen molar-refractivity contribution < 1.29 is 18.9 Å². The zero-order chi connectivity index (χ0) is 32.1. The fourth-order valence-electron chi connectivity index (χ4n) is 8.58. The average molecular weight is 630 g/mol. The highest BCUT2D eigenvalue weighted by molar-refractivity contribution is 5.79. The zero-order valence-corrected chi connectivity index (χ0v) is 28.2. The van der Waals surface area contributed by atoms with E-state index in [-0.39, 0.29) is 0 Å². The molecule has 4 aliphatic rings. The van der Waals surface area contributed by atoms with Crippen molar-refractivity contribution in [3.63, 3.8) is 0 Å². The molecule has 6 heteroatoms. The number of benzene rings is 4. The van der Waals surface area contributed by atoms with E-state index >= 15 is 0 Å². The summed E-state index contributed by atoms with van der Waals surface area (Å²) >= 11 is 0. The molecule has 0 saturated carbocycles. The maximum absolute atomic E-state index is 6.05. The van der Waals surface area contributed by atoms with Gasteiger partial charge in [0.05, 0.1) is 39.2 Å². The summed E-state index contributed by atoms with van der Waals surface area (Å²) in [6.45, 7) is 4.69. The Morgan fingerprint density at radius 1 is 0.553 bits per heavy atom. The minimum absolute atomic E-state index is 0.749. The first-order chi connectivity index (χ1) is 23.1. The molecule has 0 amide bonds. The van der Waals surface area contributed by atoms with Crippen LogP contribution in [-0.2, 0) is 25.7 Å². The Balaban J connectivity index is 1.28. The molecule has 0 bridgehead atoms. The van der Waals surface area contributed by atoms with Crippen LogP contribution in [0.1, 0.15) is 53.5 Å². The van der Waals surface area contributed by atoms with Crippen LogP contribution in [0, 0.1) is 10.4 Å². The van der Waals surface area contributed by atoms with Gasteiger partial charge in [-0.1, -0.05) is 0 Å². The first kappa shape index (κ1) is 29.9. The molecular weight excluding hydrogens is 584 g/mol. The second-order valence-corrected chi connectivity index (χ2v) is 13.4. The Labute approximate surface area is 277 Å². The Morgan fingerprint density at radius 2 is 1.04 bits per heavy atom. The molecule has 0 saturated heterocycles. The van der Waals surface area contributed by atoms with Gasteiger partial charge in [0.15, 0.2) is 0 Å². The molecule has 0 spiro atoms. The van der Waals surface area contributed by atoms with Crippen molar-refractivity contribution in [2.45, 2.75) is 51.4 Å². The lowest BCUT2D eigenvalue weighted by Gasteiger charge is -2.37. The third kappa shape index (κ3) is 5.22. The summed E-state index contributed by atoms with van der Waals surface area (Å²) in [5.74, 6) is 3.00. The van der Waals surface area contributed by atoms with E-state index < -0.39 is 0 Å². The Morgan fingerprint density at radius 3 is 1.57 bits per heavy atom. The van der Waals surface area contributed by atoms with Crippen LogP contribution < -0.4 is 39.0 Å². The standard InChI is InChI=1S/C41H45N2O4/c1-44-36-21-32(30-17-26-9-5-13-42-14-6-10-27(18-30)40(26)42)22-37(45-2)34(36)25-35-38(46-3)23-33(24-39(35)47-4)31-19-28-11-7-15-43-16-8-12-29(20-31)41(28)43/h17-25H,5-16H2,1-4H3/q+1. The van der Waals surface area contributed by atoms with Crippen LogP contribution in [0.2, 0.25) is 0 Å². The Kier molecular flexibility index (Phi) is 7.83. The van der Waals surface area contributed by atoms with Gasteiger partial charge < -0.3 is 23.8 Å². The highest BCUT2D eigenvalue weighted by Crippen LogP contribution is 2.41. The molecule has 0 atom stereocenters. The van der Waals surface area contributed by atoms with Gasteiger partial charge in [0.1, 0.15) is 36.1 Å². The highest BCUT2D eigenvalue weighted by atomic mass is 16.5. The molecule has 0 aliphatic carbocycles. The number of nitrogens with zero attached hydrogens (tertiary/aromatic N) is 2. The minimum atomic E-state index is 0.749. The highest BCUT2D eigenvalue weighted by Gasteiger charge is 2.26. The van der Waals surface area contributed by atoms with E-state index in [0.717, 1.165) is 70.2 Å². The van der Waals surface area contributed by atoms with Crippen molar-refractivity contribution in [3.05, 3.63) is 97.4 Å². The van der Waals surface area contributed by atoms with Crippen LogP contribution in [0.3, 0.4) is 0 Å². The normalized spacial score (nSPS) is 16.3. The maximum atomic E-state index is 6.05. The SMILES string of the molecule is COc1cc(-c2cc3c4c(c2)CCCN4CCC3)cc(OC)c1C=c1c(OC)cc(=c2cc3c4c(c2)CCC[N+]=4CCC3)cc1OC. The first-order valence-electron chi connectivity index (χ1n) is 17.3. The summed E-state index contributed by atoms with van der Waals surface area (Å²) in [6, 6.07) is 18.1. The predicted octanol–water partition coefficient (Wildman–Crippen LogP) is 5.59. The van der Waals surface area contributed by atoms with Crippen LogP contribution >= 0.6 is 0 Å². The van der Waals surface area contributed by atoms with E-state index in [2.05, 4.69) is 64.1 Å². The van der Waals surface area contributed by atoms with Crippen LogP contribution in [-0.4, -0.2) is 54.6 Å². The first-order valence-corrected chi connectivity index (χ1v) is 17.3. The molecule has 0 fully saturated rings. The molecule has 0 aromatic heterocycles. The van der Waals surface area contributed by atoms with Crippen molar-refractivity contribution in [1.82, 2.24) is 4.58 Å². The van der Waals surface area contributed by atoms with Crippen LogP contribution in [0.15, 0.2) is 48.5 Å². The molecule has 6 nitrogen and oxygen atoms in total. The van der Waals surface area contributed by atoms with E-state index in [1.807, 2.05) is 0 Å². The maximum Gasteiger partial charge on any atom is 0.206 e. The number of ether oxygens (including phenoxy) is 4. The summed E-state index contributed by atoms with van der Waals surface area (Å²) in [6.07, 6.45) is 11.5. The summed E-state index contributed by atoms with van der Waals surface area (Å²) in [5.41, 5.74) is 10.5. The second kappa shape index (κ2) is 12.3. The van der Waals surface area contributed by atoms with Crippen molar-refractivity contribution in [2.75, 3.05) is 59.5 Å². The van der Waals surface area contributed by atoms with Crippen molar-refractivity contribution in [1.29, 1.82) is 0 Å². The van der Waals surface area contributed by atoms with Crippen molar-refractivity contribution in [3.8, 4) is 34.1 Å². The quantitative estimate of drug-likeness (QED) is 0.261. The zero-order valence-electron chi connectivity index (χ0n) is 28.2. The summed E-state index contributed by atoms with van der Waals surface area (Å²) in [5, 5.41) is 4.65. The van der Waals surface area contributed by atoms with E-state index in [9.17, 15) is 0 Å². The molecule has 4 heterocycles. The Hall–Kier alpha value is -4.45. The number of hydrogen-bond donors (Lipinski definition) is 0. The largest absolute Gasteiger partial charge is 0.496 e. The van der Waals surface area contributed by atoms with E-state index in [1.165, 1.54) is 95.9 Å². The Bertz CT molecular complexity index is 1990. The summed E-state index contributed by atoms with van der Waals surface area (Å²) in [7, 11) is 6.91. The number of hydrogen-bond acceptors (Lipinski definition) is 5. The van der Waals surface area contributed by atoms with Gasteiger partial charge in [0.25, 0.3) is 0 Å². The van der Waals surface area contributed by atoms with E-state index in [4.69, 9.17) is 18.9 Å². The van der Waals surface area contributed by atoms with Gasteiger partial charge in [-0.3, -0.25) is 0 Å². The minimum Gasteiger partial charge on any atom is -0.496 e.